The van der Waals surface area contributed by atoms with Gasteiger partial charge in [0.25, 0.3) is 0 Å². The van der Waals surface area contributed by atoms with E-state index in [9.17, 15) is 18.0 Å². The molecule has 8 nitrogen and oxygen atoms in total. The van der Waals surface area contributed by atoms with Crippen LogP contribution in [-0.2, 0) is 26.6 Å². The molecule has 0 saturated carbocycles. The third-order valence-corrected chi connectivity index (χ3v) is 6.80. The minimum Gasteiger partial charge on any atom is -0.461 e. The lowest BCUT2D eigenvalue weighted by Crippen LogP contribution is -2.52. The van der Waals surface area contributed by atoms with E-state index in [0.717, 1.165) is 6.42 Å². The van der Waals surface area contributed by atoms with Crippen molar-refractivity contribution in [1.82, 2.24) is 14.2 Å². The molecule has 1 aliphatic heterocycles. The maximum atomic E-state index is 13.1. The van der Waals surface area contributed by atoms with Crippen LogP contribution in [0.4, 0.5) is 0 Å². The molecule has 1 aromatic heterocycles. The Morgan fingerprint density at radius 2 is 2.00 bits per heavy atom. The lowest BCUT2D eigenvalue weighted by atomic mass is 10.0. The van der Waals surface area contributed by atoms with Crippen molar-refractivity contribution < 1.29 is 22.7 Å². The van der Waals surface area contributed by atoms with Gasteiger partial charge in [0.15, 0.2) is 0 Å². The zero-order valence-corrected chi connectivity index (χ0v) is 17.4. The number of aryl methyl sites for hydroxylation is 1. The minimum absolute atomic E-state index is 0.0116. The maximum absolute atomic E-state index is 13.1. The Labute approximate surface area is 160 Å². The summed E-state index contributed by atoms with van der Waals surface area (Å²) in [6.07, 6.45) is 3.20. The molecule has 0 radical (unpaired) electrons. The van der Waals surface area contributed by atoms with E-state index in [1.165, 1.54) is 21.1 Å². The molecule has 0 aromatic carbocycles. The Morgan fingerprint density at radius 1 is 1.33 bits per heavy atom. The molecule has 1 N–H and O–H groups in total. The van der Waals surface area contributed by atoms with Crippen LogP contribution in [0.2, 0.25) is 0 Å². The number of ether oxygens (including phenoxy) is 1. The number of amides is 1. The highest BCUT2D eigenvalue weighted by atomic mass is 32.2. The van der Waals surface area contributed by atoms with Crippen LogP contribution < -0.4 is 5.32 Å². The number of hydrogen-bond acceptors (Lipinski definition) is 5. The van der Waals surface area contributed by atoms with Crippen molar-refractivity contribution in [1.29, 1.82) is 0 Å². The zero-order chi connectivity index (χ0) is 20.4. The van der Waals surface area contributed by atoms with Crippen molar-refractivity contribution in [3.8, 4) is 0 Å². The highest BCUT2D eigenvalue weighted by Gasteiger charge is 2.41. The van der Waals surface area contributed by atoms with E-state index in [1.54, 1.807) is 14.0 Å². The van der Waals surface area contributed by atoms with E-state index in [1.807, 2.05) is 20.8 Å². The molecule has 0 aliphatic carbocycles. The Balaban J connectivity index is 2.29. The third kappa shape index (κ3) is 4.52. The van der Waals surface area contributed by atoms with E-state index < -0.39 is 27.6 Å². The second-order valence-electron chi connectivity index (χ2n) is 7.39. The molecule has 1 amide bonds. The first-order chi connectivity index (χ1) is 12.5. The average molecular weight is 400 g/mol. The van der Waals surface area contributed by atoms with Gasteiger partial charge in [-0.05, 0) is 46.1 Å². The van der Waals surface area contributed by atoms with Crippen LogP contribution in [0.3, 0.4) is 0 Å². The Bertz CT molecular complexity index is 813. The predicted molar refractivity (Wildman–Crippen MR) is 101 cm³/mol. The molecule has 2 rings (SSSR count). The predicted octanol–water partition coefficient (Wildman–Crippen LogP) is 1.66. The molecular formula is C18H29N3O5S. The second-order valence-corrected chi connectivity index (χ2v) is 9.28. The van der Waals surface area contributed by atoms with Crippen LogP contribution >= 0.6 is 0 Å². The van der Waals surface area contributed by atoms with Gasteiger partial charge in [0.05, 0.1) is 6.61 Å². The highest BCUT2D eigenvalue weighted by Crippen LogP contribution is 2.28. The Kier molecular flexibility index (Phi) is 6.36. The monoisotopic (exact) mass is 399 g/mol. The van der Waals surface area contributed by atoms with E-state index in [2.05, 4.69) is 5.32 Å². The molecule has 0 bridgehead atoms. The summed E-state index contributed by atoms with van der Waals surface area (Å²) in [6.45, 7) is 7.93. The number of hydrogen-bond donors (Lipinski definition) is 1. The quantitative estimate of drug-likeness (QED) is 0.703. The number of sulfonamides is 1. The molecule has 152 valence electrons. The number of rotatable bonds is 7. The van der Waals surface area contributed by atoms with E-state index in [-0.39, 0.29) is 29.6 Å². The fourth-order valence-corrected chi connectivity index (χ4v) is 4.74. The van der Waals surface area contributed by atoms with Crippen LogP contribution in [0.1, 0.15) is 57.4 Å². The number of aromatic nitrogens is 1. The minimum atomic E-state index is -3.90. The summed E-state index contributed by atoms with van der Waals surface area (Å²) in [5.74, 6) is -0.869. The summed E-state index contributed by atoms with van der Waals surface area (Å²) in [4.78, 5) is 24.6. The van der Waals surface area contributed by atoms with Gasteiger partial charge in [0.2, 0.25) is 15.9 Å². The Hall–Kier alpha value is -1.87. The van der Waals surface area contributed by atoms with E-state index in [0.29, 0.717) is 12.8 Å². The van der Waals surface area contributed by atoms with Crippen molar-refractivity contribution in [2.45, 2.75) is 63.4 Å². The Morgan fingerprint density at radius 3 is 2.59 bits per heavy atom. The van der Waals surface area contributed by atoms with Crippen LogP contribution in [0.5, 0.6) is 0 Å². The molecule has 1 aromatic rings. The largest absolute Gasteiger partial charge is 0.461 e. The fourth-order valence-electron chi connectivity index (χ4n) is 3.01. The number of carbonyl (C=O) groups is 2. The molecule has 1 atom stereocenters. The van der Waals surface area contributed by atoms with E-state index in [4.69, 9.17) is 4.74 Å². The topological polar surface area (TPSA) is 97.7 Å². The summed E-state index contributed by atoms with van der Waals surface area (Å²) < 4.78 is 33.8. The van der Waals surface area contributed by atoms with Gasteiger partial charge in [0, 0.05) is 25.3 Å². The summed E-state index contributed by atoms with van der Waals surface area (Å²) >= 11 is 0. The normalized spacial score (nSPS) is 18.5. The molecule has 1 saturated heterocycles. The molecule has 0 spiro atoms. The van der Waals surface area contributed by atoms with Gasteiger partial charge in [-0.15, -0.1) is 0 Å². The smallest absolute Gasteiger partial charge is 0.354 e. The summed E-state index contributed by atoms with van der Waals surface area (Å²) in [5, 5.41) is 2.93. The summed E-state index contributed by atoms with van der Waals surface area (Å²) in [7, 11) is -2.31. The molecule has 0 unspecified atom stereocenters. The second kappa shape index (κ2) is 8.02. The first-order valence-corrected chi connectivity index (χ1v) is 10.6. The molecule has 1 fully saturated rings. The SMILES string of the molecule is CCOC(=O)c1cc(S(=O)(=O)N2CCC[C@@H]2C(=O)NC(C)(C)CC)cn1C. The molecule has 27 heavy (non-hydrogen) atoms. The standard InChI is InChI=1S/C18H29N3O5S/c1-6-18(3,4)19-16(22)14-9-8-10-21(14)27(24,25)13-11-15(20(5)12-13)17(23)26-7-2/h11-12,14H,6-10H2,1-5H3,(H,19,22)/t14-/m1/s1. The first kappa shape index (κ1) is 21.4. The van der Waals surface area contributed by atoms with Crippen molar-refractivity contribution in [3.63, 3.8) is 0 Å². The summed E-state index contributed by atoms with van der Waals surface area (Å²) in [6, 6.07) is 0.559. The van der Waals surface area contributed by atoms with Gasteiger partial charge in [-0.1, -0.05) is 6.92 Å². The third-order valence-electron chi connectivity index (χ3n) is 4.92. The van der Waals surface area contributed by atoms with Crippen molar-refractivity contribution in [2.75, 3.05) is 13.2 Å². The number of nitrogens with one attached hydrogen (secondary N) is 1. The van der Waals surface area contributed by atoms with Crippen LogP contribution in [-0.4, -0.2) is 53.9 Å². The molecule has 2 heterocycles. The summed E-state index contributed by atoms with van der Waals surface area (Å²) in [5.41, 5.74) is -0.249. The zero-order valence-electron chi connectivity index (χ0n) is 16.6. The van der Waals surface area contributed by atoms with Gasteiger partial charge in [-0.2, -0.15) is 4.31 Å². The maximum Gasteiger partial charge on any atom is 0.354 e. The first-order valence-electron chi connectivity index (χ1n) is 9.21. The van der Waals surface area contributed by atoms with Gasteiger partial charge >= 0.3 is 5.97 Å². The van der Waals surface area contributed by atoms with Gasteiger partial charge in [-0.25, -0.2) is 13.2 Å². The number of carbonyl (C=O) groups excluding carboxylic acids is 2. The van der Waals surface area contributed by atoms with Crippen molar-refractivity contribution in [3.05, 3.63) is 18.0 Å². The molecule has 9 heteroatoms. The van der Waals surface area contributed by atoms with E-state index >= 15 is 0 Å². The van der Waals surface area contributed by atoms with Gasteiger partial charge < -0.3 is 14.6 Å². The average Bonchev–Trinajstić information content (AvgIpc) is 3.22. The van der Waals surface area contributed by atoms with Gasteiger partial charge in [-0.3, -0.25) is 4.79 Å². The van der Waals surface area contributed by atoms with Crippen LogP contribution in [0.25, 0.3) is 0 Å². The van der Waals surface area contributed by atoms with Crippen molar-refractivity contribution >= 4 is 21.9 Å². The van der Waals surface area contributed by atoms with Crippen LogP contribution in [0.15, 0.2) is 17.2 Å². The lowest BCUT2D eigenvalue weighted by Gasteiger charge is -2.29. The van der Waals surface area contributed by atoms with Gasteiger partial charge in [0.1, 0.15) is 16.6 Å². The number of esters is 1. The highest BCUT2D eigenvalue weighted by molar-refractivity contribution is 7.89. The fraction of sp³-hybridized carbons (Fsp3) is 0.667. The van der Waals surface area contributed by atoms with Crippen LogP contribution in [0, 0.1) is 0 Å². The lowest BCUT2D eigenvalue weighted by molar-refractivity contribution is -0.125. The van der Waals surface area contributed by atoms with Crippen molar-refractivity contribution in [2.24, 2.45) is 7.05 Å². The molecular weight excluding hydrogens is 370 g/mol. The molecule has 1 aliphatic rings. The number of nitrogens with zero attached hydrogens (tertiary/aromatic N) is 2.